The number of nitrogens with zero attached hydrogens (tertiary/aromatic N) is 3. The molecule has 1 aromatic rings. The molecule has 1 heterocycles. The lowest BCUT2D eigenvalue weighted by molar-refractivity contribution is -0.141. The van der Waals surface area contributed by atoms with Crippen molar-refractivity contribution >= 4 is 11.9 Å². The van der Waals surface area contributed by atoms with E-state index in [1.54, 1.807) is 13.1 Å². The molecule has 122 valence electrons. The lowest BCUT2D eigenvalue weighted by Gasteiger charge is -2.26. The Balaban J connectivity index is 2.19. The third-order valence-corrected chi connectivity index (χ3v) is 4.20. The largest absolute Gasteiger partial charge is 0.480 e. The first kappa shape index (κ1) is 16.5. The minimum atomic E-state index is -0.967. The van der Waals surface area contributed by atoms with Crippen LogP contribution in [0.4, 0.5) is 0 Å². The number of aromatic nitrogens is 2. The van der Waals surface area contributed by atoms with Crippen LogP contribution in [-0.4, -0.2) is 43.7 Å². The second-order valence-corrected chi connectivity index (χ2v) is 6.51. The van der Waals surface area contributed by atoms with Gasteiger partial charge in [0.15, 0.2) is 0 Å². The summed E-state index contributed by atoms with van der Waals surface area (Å²) in [7, 11) is 0. The van der Waals surface area contributed by atoms with E-state index in [2.05, 4.69) is 18.9 Å². The van der Waals surface area contributed by atoms with Crippen LogP contribution in [0, 0.1) is 12.8 Å². The zero-order chi connectivity index (χ0) is 16.4. The average Bonchev–Trinajstić information content (AvgIpc) is 3.20. The first-order valence-corrected chi connectivity index (χ1v) is 7.90. The first-order chi connectivity index (χ1) is 10.3. The first-order valence-electron chi connectivity index (χ1n) is 7.90. The molecule has 0 aliphatic heterocycles. The SMILES string of the molecule is Cc1c(C(=O)N(C2CC2)C(C)C(=O)O)cnn1CCC(C)C. The Bertz CT molecular complexity index is 561. The van der Waals surface area contributed by atoms with Gasteiger partial charge in [-0.15, -0.1) is 0 Å². The number of carbonyl (C=O) groups is 2. The summed E-state index contributed by atoms with van der Waals surface area (Å²) in [6.07, 6.45) is 4.32. The Labute approximate surface area is 131 Å². The maximum atomic E-state index is 12.8. The van der Waals surface area contributed by atoms with Gasteiger partial charge in [-0.2, -0.15) is 5.10 Å². The number of hydrogen-bond acceptors (Lipinski definition) is 3. The van der Waals surface area contributed by atoms with Crippen molar-refractivity contribution in [3.8, 4) is 0 Å². The summed E-state index contributed by atoms with van der Waals surface area (Å²) in [6.45, 7) is 8.51. The number of aliphatic carboxylic acids is 1. The van der Waals surface area contributed by atoms with Crippen molar-refractivity contribution < 1.29 is 14.7 Å². The van der Waals surface area contributed by atoms with E-state index >= 15 is 0 Å². The number of hydrogen-bond donors (Lipinski definition) is 1. The van der Waals surface area contributed by atoms with E-state index in [-0.39, 0.29) is 11.9 Å². The van der Waals surface area contributed by atoms with Gasteiger partial charge in [0.05, 0.1) is 11.8 Å². The number of amides is 1. The van der Waals surface area contributed by atoms with Crippen molar-refractivity contribution in [3.63, 3.8) is 0 Å². The van der Waals surface area contributed by atoms with Gasteiger partial charge in [0, 0.05) is 18.3 Å². The predicted octanol–water partition coefficient (Wildman–Crippen LogP) is 2.32. The van der Waals surface area contributed by atoms with Crippen LogP contribution in [0.1, 0.15) is 56.1 Å². The molecule has 1 saturated carbocycles. The minimum absolute atomic E-state index is 0.0528. The van der Waals surface area contributed by atoms with Gasteiger partial charge in [-0.25, -0.2) is 4.79 Å². The van der Waals surface area contributed by atoms with Gasteiger partial charge < -0.3 is 10.0 Å². The second kappa shape index (κ2) is 6.50. The van der Waals surface area contributed by atoms with Crippen LogP contribution in [0.2, 0.25) is 0 Å². The monoisotopic (exact) mass is 307 g/mol. The number of aryl methyl sites for hydroxylation is 1. The van der Waals surface area contributed by atoms with Gasteiger partial charge in [0.1, 0.15) is 6.04 Å². The Hall–Kier alpha value is -1.85. The summed E-state index contributed by atoms with van der Waals surface area (Å²) in [6, 6.07) is -0.754. The van der Waals surface area contributed by atoms with Crippen LogP contribution in [0.25, 0.3) is 0 Å². The van der Waals surface area contributed by atoms with Crippen molar-refractivity contribution in [1.82, 2.24) is 14.7 Å². The highest BCUT2D eigenvalue weighted by Crippen LogP contribution is 2.30. The minimum Gasteiger partial charge on any atom is -0.480 e. The molecule has 1 atom stereocenters. The number of carboxylic acids is 1. The van der Waals surface area contributed by atoms with Crippen LogP contribution in [-0.2, 0) is 11.3 Å². The van der Waals surface area contributed by atoms with E-state index < -0.39 is 12.0 Å². The molecule has 22 heavy (non-hydrogen) atoms. The lowest BCUT2D eigenvalue weighted by atomic mass is 10.1. The molecule has 0 saturated heterocycles. The van der Waals surface area contributed by atoms with Crippen LogP contribution in [0.15, 0.2) is 6.20 Å². The lowest BCUT2D eigenvalue weighted by Crippen LogP contribution is -2.44. The Kier molecular flexibility index (Phi) is 4.88. The molecule has 1 aromatic heterocycles. The molecule has 6 nitrogen and oxygen atoms in total. The van der Waals surface area contributed by atoms with Gasteiger partial charge in [-0.3, -0.25) is 9.48 Å². The van der Waals surface area contributed by atoms with Crippen molar-refractivity contribution in [1.29, 1.82) is 0 Å². The van der Waals surface area contributed by atoms with Gasteiger partial charge in [-0.05, 0) is 39.0 Å². The molecule has 1 amide bonds. The Morgan fingerprint density at radius 2 is 2.05 bits per heavy atom. The van der Waals surface area contributed by atoms with Gasteiger partial charge >= 0.3 is 5.97 Å². The number of rotatable bonds is 7. The van der Waals surface area contributed by atoms with Gasteiger partial charge in [-0.1, -0.05) is 13.8 Å². The maximum absolute atomic E-state index is 12.8. The molecule has 0 bridgehead atoms. The summed E-state index contributed by atoms with van der Waals surface area (Å²) in [5.41, 5.74) is 1.33. The van der Waals surface area contributed by atoms with Crippen molar-refractivity contribution in [2.75, 3.05) is 0 Å². The molecule has 2 rings (SSSR count). The van der Waals surface area contributed by atoms with Gasteiger partial charge in [0.25, 0.3) is 5.91 Å². The van der Waals surface area contributed by atoms with E-state index in [1.165, 1.54) is 4.90 Å². The molecule has 0 aromatic carbocycles. The summed E-state index contributed by atoms with van der Waals surface area (Å²) >= 11 is 0. The summed E-state index contributed by atoms with van der Waals surface area (Å²) in [5.74, 6) is -0.617. The zero-order valence-electron chi connectivity index (χ0n) is 13.7. The third kappa shape index (κ3) is 3.48. The smallest absolute Gasteiger partial charge is 0.326 e. The van der Waals surface area contributed by atoms with Gasteiger partial charge in [0.2, 0.25) is 0 Å². The van der Waals surface area contributed by atoms with Crippen LogP contribution < -0.4 is 0 Å². The quantitative estimate of drug-likeness (QED) is 0.838. The fourth-order valence-electron chi connectivity index (χ4n) is 2.53. The van der Waals surface area contributed by atoms with E-state index in [9.17, 15) is 14.7 Å². The number of carbonyl (C=O) groups excluding carboxylic acids is 1. The molecule has 6 heteroatoms. The summed E-state index contributed by atoms with van der Waals surface area (Å²) < 4.78 is 1.84. The zero-order valence-corrected chi connectivity index (χ0v) is 13.7. The predicted molar refractivity (Wildman–Crippen MR) is 82.7 cm³/mol. The highest BCUT2D eigenvalue weighted by Gasteiger charge is 2.39. The molecule has 0 radical (unpaired) electrons. The molecular formula is C16H25N3O3. The molecule has 1 unspecified atom stereocenters. The standard InChI is InChI=1S/C16H25N3O3/c1-10(2)7-8-18-11(3)14(9-17-18)15(20)19(13-5-6-13)12(4)16(21)22/h9-10,12-13H,5-8H2,1-4H3,(H,21,22). The Morgan fingerprint density at radius 1 is 1.41 bits per heavy atom. The van der Waals surface area contributed by atoms with E-state index in [0.29, 0.717) is 11.5 Å². The topological polar surface area (TPSA) is 75.4 Å². The van der Waals surface area contributed by atoms with Crippen LogP contribution in [0.3, 0.4) is 0 Å². The molecule has 1 N–H and O–H groups in total. The highest BCUT2D eigenvalue weighted by molar-refractivity contribution is 5.97. The summed E-state index contributed by atoms with van der Waals surface area (Å²) in [4.78, 5) is 25.5. The summed E-state index contributed by atoms with van der Waals surface area (Å²) in [5, 5.41) is 13.5. The maximum Gasteiger partial charge on any atom is 0.326 e. The molecule has 0 spiro atoms. The van der Waals surface area contributed by atoms with Crippen molar-refractivity contribution in [3.05, 3.63) is 17.5 Å². The van der Waals surface area contributed by atoms with E-state index in [4.69, 9.17) is 0 Å². The van der Waals surface area contributed by atoms with Crippen LogP contribution in [0.5, 0.6) is 0 Å². The highest BCUT2D eigenvalue weighted by atomic mass is 16.4. The molecule has 1 aliphatic rings. The normalized spacial score (nSPS) is 15.9. The number of carboxylic acid groups (broad SMARTS) is 1. The van der Waals surface area contributed by atoms with E-state index in [0.717, 1.165) is 31.5 Å². The Morgan fingerprint density at radius 3 is 2.55 bits per heavy atom. The van der Waals surface area contributed by atoms with Crippen molar-refractivity contribution in [2.45, 2.75) is 65.6 Å². The van der Waals surface area contributed by atoms with Crippen LogP contribution >= 0.6 is 0 Å². The fourth-order valence-corrected chi connectivity index (χ4v) is 2.53. The van der Waals surface area contributed by atoms with E-state index in [1.807, 2.05) is 11.6 Å². The third-order valence-electron chi connectivity index (χ3n) is 4.20. The molecular weight excluding hydrogens is 282 g/mol. The van der Waals surface area contributed by atoms with Crippen molar-refractivity contribution in [2.24, 2.45) is 5.92 Å². The average molecular weight is 307 g/mol. The fraction of sp³-hybridized carbons (Fsp3) is 0.688. The molecule has 1 fully saturated rings. The molecule has 1 aliphatic carbocycles. The second-order valence-electron chi connectivity index (χ2n) is 6.51.